The topological polar surface area (TPSA) is 45.2 Å². The maximum Gasteiger partial charge on any atom is 0.0950 e. The first-order valence-electron chi connectivity index (χ1n) is 4.22. The third kappa shape index (κ3) is 2.07. The van der Waals surface area contributed by atoms with Gasteiger partial charge in [0.2, 0.25) is 0 Å². The highest BCUT2D eigenvalue weighted by Crippen LogP contribution is 2.17. The maximum absolute atomic E-state index is 9.82. The van der Waals surface area contributed by atoms with Crippen LogP contribution in [-0.4, -0.2) is 28.8 Å². The van der Waals surface area contributed by atoms with Crippen molar-refractivity contribution in [3.63, 3.8) is 0 Å². The minimum atomic E-state index is -0.569. The molecule has 0 aromatic carbocycles. The van der Waals surface area contributed by atoms with Crippen LogP contribution in [0.1, 0.15) is 5.69 Å². The van der Waals surface area contributed by atoms with Gasteiger partial charge in [0, 0.05) is 35.9 Å². The van der Waals surface area contributed by atoms with Crippen molar-refractivity contribution >= 4 is 15.9 Å². The van der Waals surface area contributed by atoms with Crippen molar-refractivity contribution in [1.82, 2.24) is 10.3 Å². The van der Waals surface area contributed by atoms with Gasteiger partial charge in [-0.15, -0.1) is 0 Å². The molecule has 0 bridgehead atoms. The molecule has 0 atom stereocenters. The van der Waals surface area contributed by atoms with Crippen LogP contribution in [0.25, 0.3) is 0 Å². The number of nitrogens with one attached hydrogen (secondary N) is 1. The van der Waals surface area contributed by atoms with Crippen molar-refractivity contribution in [3.8, 4) is 0 Å². The van der Waals surface area contributed by atoms with E-state index in [9.17, 15) is 5.11 Å². The fourth-order valence-electron chi connectivity index (χ4n) is 1.39. The van der Waals surface area contributed by atoms with Gasteiger partial charge in [0.1, 0.15) is 0 Å². The lowest BCUT2D eigenvalue weighted by Gasteiger charge is -2.37. The Bertz CT molecular complexity index is 295. The van der Waals surface area contributed by atoms with Crippen LogP contribution in [0.2, 0.25) is 0 Å². The van der Waals surface area contributed by atoms with E-state index in [2.05, 4.69) is 26.2 Å². The van der Waals surface area contributed by atoms with Crippen LogP contribution in [0.5, 0.6) is 0 Å². The summed E-state index contributed by atoms with van der Waals surface area (Å²) in [5.41, 5.74) is 0.369. The number of rotatable bonds is 2. The third-order valence-electron chi connectivity index (χ3n) is 2.21. The summed E-state index contributed by atoms with van der Waals surface area (Å²) in [4.78, 5) is 4.21. The molecule has 1 aromatic rings. The molecule has 1 saturated heterocycles. The van der Waals surface area contributed by atoms with Crippen LogP contribution in [0.4, 0.5) is 0 Å². The maximum atomic E-state index is 9.82. The zero-order valence-corrected chi connectivity index (χ0v) is 8.71. The lowest BCUT2D eigenvalue weighted by atomic mass is 9.91. The number of pyridine rings is 1. The molecule has 0 spiro atoms. The molecule has 1 aliphatic heterocycles. The van der Waals surface area contributed by atoms with Crippen LogP contribution in [0.15, 0.2) is 22.8 Å². The highest BCUT2D eigenvalue weighted by molar-refractivity contribution is 9.10. The highest BCUT2D eigenvalue weighted by atomic mass is 79.9. The van der Waals surface area contributed by atoms with Gasteiger partial charge in [0.05, 0.1) is 5.60 Å². The van der Waals surface area contributed by atoms with Gasteiger partial charge in [-0.1, -0.05) is 0 Å². The highest BCUT2D eigenvalue weighted by Gasteiger charge is 2.34. The molecule has 0 unspecified atom stereocenters. The van der Waals surface area contributed by atoms with E-state index in [0.29, 0.717) is 19.5 Å². The molecule has 70 valence electrons. The van der Waals surface area contributed by atoms with Crippen LogP contribution in [0, 0.1) is 0 Å². The largest absolute Gasteiger partial charge is 0.387 e. The molecule has 0 aliphatic carbocycles. The monoisotopic (exact) mass is 242 g/mol. The fourth-order valence-corrected chi connectivity index (χ4v) is 1.62. The molecule has 2 rings (SSSR count). The Balaban J connectivity index is 2.05. The number of aliphatic hydroxyl groups is 1. The standard InChI is InChI=1S/C9H11BrN2O/c10-7-1-2-8(12-4-7)3-9(13)5-11-6-9/h1-2,4,11,13H,3,5-6H2. The van der Waals surface area contributed by atoms with Gasteiger partial charge in [0.25, 0.3) is 0 Å². The van der Waals surface area contributed by atoms with E-state index in [1.54, 1.807) is 6.20 Å². The molecule has 13 heavy (non-hydrogen) atoms. The summed E-state index contributed by atoms with van der Waals surface area (Å²) in [6.45, 7) is 1.34. The molecule has 3 nitrogen and oxygen atoms in total. The summed E-state index contributed by atoms with van der Waals surface area (Å²) in [5.74, 6) is 0. The van der Waals surface area contributed by atoms with Crippen molar-refractivity contribution in [1.29, 1.82) is 0 Å². The van der Waals surface area contributed by atoms with Gasteiger partial charge in [-0.05, 0) is 28.1 Å². The Kier molecular flexibility index (Phi) is 2.36. The second kappa shape index (κ2) is 3.36. The first-order valence-corrected chi connectivity index (χ1v) is 5.01. The van der Waals surface area contributed by atoms with Crippen LogP contribution >= 0.6 is 15.9 Å². The van der Waals surface area contributed by atoms with E-state index in [1.807, 2.05) is 12.1 Å². The van der Waals surface area contributed by atoms with Gasteiger partial charge in [-0.3, -0.25) is 4.98 Å². The van der Waals surface area contributed by atoms with Gasteiger partial charge >= 0.3 is 0 Å². The molecule has 0 radical (unpaired) electrons. The van der Waals surface area contributed by atoms with Crippen molar-refractivity contribution < 1.29 is 5.11 Å². The van der Waals surface area contributed by atoms with E-state index in [4.69, 9.17) is 0 Å². The quantitative estimate of drug-likeness (QED) is 0.804. The Morgan fingerprint density at radius 2 is 2.31 bits per heavy atom. The normalized spacial score (nSPS) is 19.5. The van der Waals surface area contributed by atoms with Crippen molar-refractivity contribution in [2.75, 3.05) is 13.1 Å². The van der Waals surface area contributed by atoms with Crippen LogP contribution in [-0.2, 0) is 6.42 Å². The molecule has 2 heterocycles. The van der Waals surface area contributed by atoms with Crippen molar-refractivity contribution in [2.45, 2.75) is 12.0 Å². The smallest absolute Gasteiger partial charge is 0.0950 e. The lowest BCUT2D eigenvalue weighted by Crippen LogP contribution is -2.60. The molecule has 1 fully saturated rings. The summed E-state index contributed by atoms with van der Waals surface area (Å²) in [6.07, 6.45) is 2.39. The molecule has 1 aliphatic rings. The Morgan fingerprint density at radius 1 is 1.54 bits per heavy atom. The van der Waals surface area contributed by atoms with E-state index in [-0.39, 0.29) is 0 Å². The summed E-state index contributed by atoms with van der Waals surface area (Å²) < 4.78 is 0.968. The van der Waals surface area contributed by atoms with Gasteiger partial charge in [0.15, 0.2) is 0 Å². The molecule has 4 heteroatoms. The Morgan fingerprint density at radius 3 is 2.77 bits per heavy atom. The summed E-state index contributed by atoms with van der Waals surface area (Å²) in [5, 5.41) is 12.9. The molecule has 1 aromatic heterocycles. The van der Waals surface area contributed by atoms with E-state index < -0.39 is 5.60 Å². The predicted molar refractivity (Wildman–Crippen MR) is 53.5 cm³/mol. The average Bonchev–Trinajstić information content (AvgIpc) is 2.06. The average molecular weight is 243 g/mol. The SMILES string of the molecule is OC1(Cc2ccc(Br)cn2)CNC1. The number of aromatic nitrogens is 1. The van der Waals surface area contributed by atoms with Gasteiger partial charge in [-0.2, -0.15) is 0 Å². The summed E-state index contributed by atoms with van der Waals surface area (Å²) >= 11 is 3.32. The third-order valence-corrected chi connectivity index (χ3v) is 2.68. The van der Waals surface area contributed by atoms with Crippen LogP contribution in [0.3, 0.4) is 0 Å². The second-order valence-electron chi connectivity index (χ2n) is 3.47. The fraction of sp³-hybridized carbons (Fsp3) is 0.444. The number of β-amino-alcohol motifs (C(OH)–C–C–N with tert-alkyl or cyclic N) is 1. The summed E-state index contributed by atoms with van der Waals surface area (Å²) in [7, 11) is 0. The Labute approximate surface area is 85.3 Å². The minimum absolute atomic E-state index is 0.569. The predicted octanol–water partition coefficient (Wildman–Crippen LogP) is 0.721. The van der Waals surface area contributed by atoms with Gasteiger partial charge < -0.3 is 10.4 Å². The zero-order valence-electron chi connectivity index (χ0n) is 7.13. The number of hydrogen-bond donors (Lipinski definition) is 2. The number of hydrogen-bond acceptors (Lipinski definition) is 3. The van der Waals surface area contributed by atoms with Crippen LogP contribution < -0.4 is 5.32 Å². The Hall–Kier alpha value is -0.450. The number of nitrogens with zero attached hydrogens (tertiary/aromatic N) is 1. The first kappa shape index (κ1) is 9.12. The zero-order chi connectivity index (χ0) is 9.31. The lowest BCUT2D eigenvalue weighted by molar-refractivity contribution is -0.00981. The molecule has 2 N–H and O–H groups in total. The van der Waals surface area contributed by atoms with E-state index in [0.717, 1.165) is 10.2 Å². The molecular weight excluding hydrogens is 232 g/mol. The van der Waals surface area contributed by atoms with Crippen molar-refractivity contribution in [2.24, 2.45) is 0 Å². The second-order valence-corrected chi connectivity index (χ2v) is 4.39. The van der Waals surface area contributed by atoms with E-state index >= 15 is 0 Å². The van der Waals surface area contributed by atoms with E-state index in [1.165, 1.54) is 0 Å². The molecule has 0 amide bonds. The summed E-state index contributed by atoms with van der Waals surface area (Å²) in [6, 6.07) is 3.87. The minimum Gasteiger partial charge on any atom is -0.387 e. The first-order chi connectivity index (χ1) is 6.18. The molecule has 0 saturated carbocycles. The molecular formula is C9H11BrN2O. The van der Waals surface area contributed by atoms with Crippen molar-refractivity contribution in [3.05, 3.63) is 28.5 Å². The van der Waals surface area contributed by atoms with Gasteiger partial charge in [-0.25, -0.2) is 0 Å². The number of halogens is 1.